The predicted octanol–water partition coefficient (Wildman–Crippen LogP) is 4.42. The number of unbranched alkanes of at least 4 members (excludes halogenated alkanes) is 8. The van der Waals surface area contributed by atoms with Gasteiger partial charge in [-0.25, -0.2) is 4.79 Å². The second kappa shape index (κ2) is 15.7. The van der Waals surface area contributed by atoms with Crippen molar-refractivity contribution in [1.82, 2.24) is 9.55 Å². The van der Waals surface area contributed by atoms with Gasteiger partial charge in [-0.3, -0.25) is 9.36 Å². The summed E-state index contributed by atoms with van der Waals surface area (Å²) < 4.78 is 6.96. The van der Waals surface area contributed by atoms with Gasteiger partial charge in [0.05, 0.1) is 6.61 Å². The highest BCUT2D eigenvalue weighted by molar-refractivity contribution is 8.00. The van der Waals surface area contributed by atoms with Crippen LogP contribution in [0.2, 0.25) is 0 Å². The second-order valence-electron chi connectivity index (χ2n) is 7.72. The summed E-state index contributed by atoms with van der Waals surface area (Å²) in [6.07, 6.45) is 12.5. The first-order chi connectivity index (χ1) is 15.1. The van der Waals surface area contributed by atoms with E-state index in [-0.39, 0.29) is 23.8 Å². The number of carbonyl (C=O) groups excluding carboxylic acids is 1. The number of carbonyl (C=O) groups is 1. The Hall–Kier alpha value is -1.03. The van der Waals surface area contributed by atoms with Crippen LogP contribution in [0.5, 0.6) is 0 Å². The van der Waals surface area contributed by atoms with Crippen LogP contribution >= 0.6 is 23.5 Å². The topological polar surface area (TPSA) is 93.5 Å². The Morgan fingerprint density at radius 2 is 1.90 bits per heavy atom. The van der Waals surface area contributed by atoms with Gasteiger partial charge in [0.15, 0.2) is 0 Å². The minimum Gasteiger partial charge on any atom is -0.393 e. The average Bonchev–Trinajstić information content (AvgIpc) is 3.23. The van der Waals surface area contributed by atoms with E-state index in [1.54, 1.807) is 12.3 Å². The fourth-order valence-corrected chi connectivity index (χ4v) is 5.09. The molecule has 2 atom stereocenters. The molecule has 0 saturated carbocycles. The molecule has 2 N–H and O–H groups in total. The lowest BCUT2D eigenvalue weighted by atomic mass is 10.1. The zero-order valence-electron chi connectivity index (χ0n) is 18.6. The van der Waals surface area contributed by atoms with Crippen LogP contribution in [-0.4, -0.2) is 49.9 Å². The number of nitrogens with zero attached hydrogens (tertiary/aromatic N) is 2. The van der Waals surface area contributed by atoms with Crippen molar-refractivity contribution in [3.63, 3.8) is 0 Å². The molecule has 2 heterocycles. The van der Waals surface area contributed by atoms with Crippen molar-refractivity contribution < 1.29 is 14.6 Å². The van der Waals surface area contributed by atoms with E-state index < -0.39 is 11.9 Å². The zero-order valence-corrected chi connectivity index (χ0v) is 20.2. The number of aliphatic hydroxyl groups excluding tert-OH is 1. The summed E-state index contributed by atoms with van der Waals surface area (Å²) in [5.74, 6) is 3.26. The van der Waals surface area contributed by atoms with Gasteiger partial charge < -0.3 is 15.2 Å². The monoisotopic (exact) mass is 471 g/mol. The van der Waals surface area contributed by atoms with Crippen LogP contribution in [0.4, 0.5) is 5.82 Å². The Bertz CT molecular complexity index is 702. The van der Waals surface area contributed by atoms with Crippen molar-refractivity contribution in [3.8, 4) is 0 Å². The Morgan fingerprint density at radius 3 is 2.52 bits per heavy atom. The summed E-state index contributed by atoms with van der Waals surface area (Å²) in [6, 6.07) is 1.61. The smallest absolute Gasteiger partial charge is 0.351 e. The first-order valence-corrected chi connectivity index (χ1v) is 13.7. The standard InChI is InChI=1S/C22H37N3O4S2/c1-2-30-15-11-9-7-5-3-4-6-8-10-12-19(27)23-18-13-14-25(22(28)24-18)20-17-31-21(16-26)29-20/h13-14,20-21,26H,2-12,15-17H2,1H3,(H,23,24,27,28)/t20-,21+/m0/s1. The second-order valence-corrected chi connectivity index (χ2v) is 10.3. The number of aromatic nitrogens is 2. The molecule has 1 amide bonds. The average molecular weight is 472 g/mol. The van der Waals surface area contributed by atoms with Crippen molar-refractivity contribution >= 4 is 35.2 Å². The third-order valence-corrected chi connectivity index (χ3v) is 7.28. The molecule has 0 spiro atoms. The highest BCUT2D eigenvalue weighted by Crippen LogP contribution is 2.30. The number of ether oxygens (including phenoxy) is 1. The summed E-state index contributed by atoms with van der Waals surface area (Å²) in [6.45, 7) is 2.13. The number of thioether (sulfide) groups is 2. The first-order valence-electron chi connectivity index (χ1n) is 11.5. The third-order valence-electron chi connectivity index (χ3n) is 5.19. The van der Waals surface area contributed by atoms with Crippen LogP contribution in [0.3, 0.4) is 0 Å². The van der Waals surface area contributed by atoms with Crippen molar-refractivity contribution in [3.05, 3.63) is 22.7 Å². The maximum Gasteiger partial charge on any atom is 0.351 e. The SMILES string of the molecule is CCSCCCCCCCCCCCC(=O)Nc1ccn([C@@H]2CS[C@H](CO)O2)c(=O)n1. The molecule has 7 nitrogen and oxygen atoms in total. The summed E-state index contributed by atoms with van der Waals surface area (Å²) in [4.78, 5) is 28.3. The van der Waals surface area contributed by atoms with Crippen LogP contribution < -0.4 is 11.0 Å². The lowest BCUT2D eigenvalue weighted by molar-refractivity contribution is -0.116. The van der Waals surface area contributed by atoms with E-state index >= 15 is 0 Å². The molecular weight excluding hydrogens is 434 g/mol. The molecule has 2 rings (SSSR count). The van der Waals surface area contributed by atoms with Crippen LogP contribution in [0.15, 0.2) is 17.1 Å². The molecular formula is C22H37N3O4S2. The van der Waals surface area contributed by atoms with Crippen molar-refractivity contribution in [2.75, 3.05) is 29.2 Å². The van der Waals surface area contributed by atoms with Crippen molar-refractivity contribution in [1.29, 1.82) is 0 Å². The number of amides is 1. The van der Waals surface area contributed by atoms with Gasteiger partial charge in [0.2, 0.25) is 5.91 Å². The Balaban J connectivity index is 1.54. The van der Waals surface area contributed by atoms with Gasteiger partial charge >= 0.3 is 5.69 Å². The number of aliphatic hydroxyl groups is 1. The molecule has 1 aromatic rings. The van der Waals surface area contributed by atoms with Gasteiger partial charge in [0.1, 0.15) is 17.5 Å². The highest BCUT2D eigenvalue weighted by atomic mass is 32.2. The van der Waals surface area contributed by atoms with Crippen LogP contribution in [0.25, 0.3) is 0 Å². The van der Waals surface area contributed by atoms with E-state index in [2.05, 4.69) is 17.2 Å². The molecule has 1 aliphatic rings. The van der Waals surface area contributed by atoms with Gasteiger partial charge in [-0.15, -0.1) is 11.8 Å². The van der Waals surface area contributed by atoms with Crippen LogP contribution in [0.1, 0.15) is 77.4 Å². The third kappa shape index (κ3) is 10.4. The fraction of sp³-hybridized carbons (Fsp3) is 0.773. The molecule has 31 heavy (non-hydrogen) atoms. The molecule has 176 valence electrons. The molecule has 0 aromatic carbocycles. The number of nitrogens with one attached hydrogen (secondary N) is 1. The molecule has 9 heteroatoms. The van der Waals surface area contributed by atoms with E-state index in [1.165, 1.54) is 72.8 Å². The summed E-state index contributed by atoms with van der Waals surface area (Å²) >= 11 is 3.49. The molecule has 1 aliphatic heterocycles. The van der Waals surface area contributed by atoms with Crippen molar-refractivity contribution in [2.45, 2.75) is 82.8 Å². The number of hydrogen-bond acceptors (Lipinski definition) is 7. The van der Waals surface area contributed by atoms with E-state index in [4.69, 9.17) is 9.84 Å². The highest BCUT2D eigenvalue weighted by Gasteiger charge is 2.27. The van der Waals surface area contributed by atoms with E-state index in [1.807, 2.05) is 11.8 Å². The van der Waals surface area contributed by atoms with Gasteiger partial charge in [-0.05, 0) is 30.4 Å². The van der Waals surface area contributed by atoms with E-state index in [9.17, 15) is 9.59 Å². The largest absolute Gasteiger partial charge is 0.393 e. The minimum absolute atomic E-state index is 0.0874. The van der Waals surface area contributed by atoms with Crippen LogP contribution in [-0.2, 0) is 9.53 Å². The maximum atomic E-state index is 12.2. The van der Waals surface area contributed by atoms with Crippen molar-refractivity contribution in [2.24, 2.45) is 0 Å². The van der Waals surface area contributed by atoms with Crippen LogP contribution in [0, 0.1) is 0 Å². The van der Waals surface area contributed by atoms with E-state index in [0.29, 0.717) is 12.2 Å². The summed E-state index contributed by atoms with van der Waals surface area (Å²) in [5, 5.41) is 11.8. The zero-order chi connectivity index (χ0) is 22.3. The molecule has 1 fully saturated rings. The number of hydrogen-bond donors (Lipinski definition) is 2. The maximum absolute atomic E-state index is 12.2. The molecule has 0 bridgehead atoms. The minimum atomic E-state index is -0.467. The number of anilines is 1. The molecule has 0 radical (unpaired) electrons. The Morgan fingerprint density at radius 1 is 1.23 bits per heavy atom. The quantitative estimate of drug-likeness (QED) is 0.345. The van der Waals surface area contributed by atoms with E-state index in [0.717, 1.165) is 12.8 Å². The Kier molecular flexibility index (Phi) is 13.3. The normalized spacial score (nSPS) is 18.4. The summed E-state index contributed by atoms with van der Waals surface area (Å²) in [5.41, 5.74) is -0.780. The Labute approximate surface area is 194 Å². The number of rotatable bonds is 16. The molecule has 0 unspecified atom stereocenters. The lowest BCUT2D eigenvalue weighted by Gasteiger charge is -2.14. The van der Waals surface area contributed by atoms with Gasteiger partial charge in [0, 0.05) is 18.4 Å². The van der Waals surface area contributed by atoms with Gasteiger partial charge in [-0.1, -0.05) is 51.9 Å². The lowest BCUT2D eigenvalue weighted by Crippen LogP contribution is -2.29. The molecule has 0 aliphatic carbocycles. The molecule has 1 aromatic heterocycles. The fourth-order valence-electron chi connectivity index (χ4n) is 3.46. The van der Waals surface area contributed by atoms with Gasteiger partial charge in [-0.2, -0.15) is 16.7 Å². The predicted molar refractivity (Wildman–Crippen MR) is 130 cm³/mol. The first kappa shape index (κ1) is 26.2. The molecule has 1 saturated heterocycles. The van der Waals surface area contributed by atoms with Gasteiger partial charge in [0.25, 0.3) is 0 Å². The summed E-state index contributed by atoms with van der Waals surface area (Å²) in [7, 11) is 0.